The molecule has 3 rings (SSSR count). The van der Waals surface area contributed by atoms with Gasteiger partial charge < -0.3 is 14.5 Å². The largest absolute Gasteiger partial charge is 0.445 e. The number of aromatic nitrogens is 1. The normalized spacial score (nSPS) is 16.4. The third kappa shape index (κ3) is 4.66. The topological polar surface area (TPSA) is 62.7 Å². The predicted octanol–water partition coefficient (Wildman–Crippen LogP) is 3.20. The molecule has 1 aromatic heterocycles. The first-order valence-electron chi connectivity index (χ1n) is 8.70. The molecule has 27 heavy (non-hydrogen) atoms. The quantitative estimate of drug-likeness (QED) is 0.599. The standard InChI is InChI=1S/C20H21N3O3S/c1-3-7-17-13-22(20(25)26-14-16-8-5-4-6-9-16)10-11-23(17)19-21-12-18(27-19)15(2)24/h4-6,8-9,12,17H,10-11,13-14H2,1-2H3/t17-/m0/s1. The fraction of sp³-hybridized carbons (Fsp3) is 0.350. The molecular formula is C20H21N3O3S. The number of carbonyl (C=O) groups is 2. The van der Waals surface area contributed by atoms with Gasteiger partial charge in [-0.25, -0.2) is 9.78 Å². The van der Waals surface area contributed by atoms with Crippen LogP contribution in [0.1, 0.15) is 29.1 Å². The Balaban J connectivity index is 1.65. The predicted molar refractivity (Wildman–Crippen MR) is 105 cm³/mol. The molecule has 0 spiro atoms. The molecular weight excluding hydrogens is 362 g/mol. The van der Waals surface area contributed by atoms with Crippen molar-refractivity contribution in [2.45, 2.75) is 26.5 Å². The van der Waals surface area contributed by atoms with Crippen LogP contribution in [0.2, 0.25) is 0 Å². The van der Waals surface area contributed by atoms with Gasteiger partial charge in [-0.15, -0.1) is 5.92 Å². The lowest BCUT2D eigenvalue weighted by molar-refractivity contribution is 0.0915. The summed E-state index contributed by atoms with van der Waals surface area (Å²) in [6.07, 6.45) is 1.25. The van der Waals surface area contributed by atoms with Gasteiger partial charge in [0.15, 0.2) is 10.9 Å². The molecule has 2 heterocycles. The van der Waals surface area contributed by atoms with Gasteiger partial charge in [0.25, 0.3) is 0 Å². The number of nitrogens with zero attached hydrogens (tertiary/aromatic N) is 3. The lowest BCUT2D eigenvalue weighted by Gasteiger charge is -2.38. The summed E-state index contributed by atoms with van der Waals surface area (Å²) in [5.74, 6) is 6.06. The van der Waals surface area contributed by atoms with Crippen LogP contribution in [0, 0.1) is 11.8 Å². The molecule has 0 N–H and O–H groups in total. The summed E-state index contributed by atoms with van der Waals surface area (Å²) in [7, 11) is 0. The van der Waals surface area contributed by atoms with E-state index in [1.165, 1.54) is 18.3 Å². The second kappa shape index (κ2) is 8.69. The molecule has 140 valence electrons. The number of hydrogen-bond donors (Lipinski definition) is 0. The minimum absolute atomic E-state index is 0.00000132. The van der Waals surface area contributed by atoms with Crippen LogP contribution in [0.3, 0.4) is 0 Å². The number of hydrogen-bond acceptors (Lipinski definition) is 6. The van der Waals surface area contributed by atoms with E-state index in [4.69, 9.17) is 4.74 Å². The number of anilines is 1. The van der Waals surface area contributed by atoms with E-state index < -0.39 is 0 Å². The van der Waals surface area contributed by atoms with Crippen molar-refractivity contribution >= 4 is 28.3 Å². The number of piperazine rings is 1. The van der Waals surface area contributed by atoms with E-state index in [-0.39, 0.29) is 24.5 Å². The van der Waals surface area contributed by atoms with Crippen molar-refractivity contribution in [3.63, 3.8) is 0 Å². The molecule has 1 aliphatic heterocycles. The van der Waals surface area contributed by atoms with Crippen molar-refractivity contribution in [3.05, 3.63) is 47.0 Å². The van der Waals surface area contributed by atoms with Gasteiger partial charge in [-0.3, -0.25) is 4.79 Å². The number of ether oxygens (including phenoxy) is 1. The molecule has 1 atom stereocenters. The summed E-state index contributed by atoms with van der Waals surface area (Å²) < 4.78 is 5.43. The van der Waals surface area contributed by atoms with Gasteiger partial charge in [0.1, 0.15) is 12.6 Å². The molecule has 1 saturated heterocycles. The zero-order valence-corrected chi connectivity index (χ0v) is 16.2. The molecule has 2 aromatic rings. The van der Waals surface area contributed by atoms with E-state index in [2.05, 4.69) is 21.7 Å². The zero-order chi connectivity index (χ0) is 19.2. The van der Waals surface area contributed by atoms with Crippen molar-refractivity contribution < 1.29 is 14.3 Å². The number of thiazole rings is 1. The third-order valence-electron chi connectivity index (χ3n) is 4.24. The van der Waals surface area contributed by atoms with Crippen molar-refractivity contribution in [1.82, 2.24) is 9.88 Å². The van der Waals surface area contributed by atoms with E-state index in [1.807, 2.05) is 30.3 Å². The van der Waals surface area contributed by atoms with Gasteiger partial charge in [0, 0.05) is 20.0 Å². The summed E-state index contributed by atoms with van der Waals surface area (Å²) in [5.41, 5.74) is 0.953. The molecule has 6 nitrogen and oxygen atoms in total. The highest BCUT2D eigenvalue weighted by molar-refractivity contribution is 7.17. The van der Waals surface area contributed by atoms with E-state index in [0.29, 0.717) is 24.5 Å². The van der Waals surface area contributed by atoms with Crippen molar-refractivity contribution in [3.8, 4) is 11.8 Å². The van der Waals surface area contributed by atoms with Gasteiger partial charge in [-0.1, -0.05) is 47.6 Å². The minimum atomic E-state index is -0.343. The minimum Gasteiger partial charge on any atom is -0.445 e. The molecule has 7 heteroatoms. The molecule has 1 aliphatic rings. The van der Waals surface area contributed by atoms with E-state index >= 15 is 0 Å². The fourth-order valence-corrected chi connectivity index (χ4v) is 3.73. The highest BCUT2D eigenvalue weighted by Crippen LogP contribution is 2.26. The van der Waals surface area contributed by atoms with Gasteiger partial charge >= 0.3 is 6.09 Å². The first-order chi connectivity index (χ1) is 13.1. The van der Waals surface area contributed by atoms with Gasteiger partial charge in [-0.05, 0) is 12.5 Å². The van der Waals surface area contributed by atoms with Crippen LogP contribution in [0.25, 0.3) is 0 Å². The van der Waals surface area contributed by atoms with Gasteiger partial charge in [0.2, 0.25) is 0 Å². The monoisotopic (exact) mass is 383 g/mol. The Labute approximate surface area is 162 Å². The van der Waals surface area contributed by atoms with Crippen LogP contribution in [0.5, 0.6) is 0 Å². The second-order valence-electron chi connectivity index (χ2n) is 6.15. The Bertz CT molecular complexity index is 869. The molecule has 0 radical (unpaired) electrons. The Morgan fingerprint density at radius 3 is 2.74 bits per heavy atom. The van der Waals surface area contributed by atoms with E-state index in [9.17, 15) is 9.59 Å². The first-order valence-corrected chi connectivity index (χ1v) is 9.51. The summed E-state index contributed by atoms with van der Waals surface area (Å²) >= 11 is 1.36. The molecule has 1 amide bonds. The Kier molecular flexibility index (Phi) is 6.09. The highest BCUT2D eigenvalue weighted by Gasteiger charge is 2.31. The second-order valence-corrected chi connectivity index (χ2v) is 7.16. The number of carbonyl (C=O) groups excluding carboxylic acids is 2. The summed E-state index contributed by atoms with van der Waals surface area (Å²) in [6, 6.07) is 9.42. The summed E-state index contributed by atoms with van der Waals surface area (Å²) in [5, 5.41) is 0.755. The van der Waals surface area contributed by atoms with Gasteiger partial charge in [0.05, 0.1) is 17.6 Å². The van der Waals surface area contributed by atoms with Crippen LogP contribution < -0.4 is 4.90 Å². The Morgan fingerprint density at radius 1 is 1.30 bits per heavy atom. The van der Waals surface area contributed by atoms with Crippen molar-refractivity contribution in [1.29, 1.82) is 0 Å². The van der Waals surface area contributed by atoms with Crippen molar-refractivity contribution in [2.24, 2.45) is 0 Å². The lowest BCUT2D eigenvalue weighted by Crippen LogP contribution is -2.54. The van der Waals surface area contributed by atoms with E-state index in [0.717, 1.165) is 10.7 Å². The molecule has 1 aromatic carbocycles. The summed E-state index contributed by atoms with van der Waals surface area (Å²) in [6.45, 7) is 5.09. The average molecular weight is 383 g/mol. The molecule has 0 aliphatic carbocycles. The molecule has 0 saturated carbocycles. The highest BCUT2D eigenvalue weighted by atomic mass is 32.1. The lowest BCUT2D eigenvalue weighted by atomic mass is 10.2. The fourth-order valence-electron chi connectivity index (χ4n) is 2.84. The number of Topliss-reactive ketones (excluding diaryl/α,β-unsaturated/α-hetero) is 1. The SMILES string of the molecule is CC#C[C@H]1CN(C(=O)OCc2ccccc2)CCN1c1ncc(C(C)=O)s1. The Morgan fingerprint density at radius 2 is 2.07 bits per heavy atom. The summed E-state index contributed by atoms with van der Waals surface area (Å²) in [4.78, 5) is 32.7. The van der Waals surface area contributed by atoms with Crippen LogP contribution in [0.15, 0.2) is 36.5 Å². The third-order valence-corrected chi connectivity index (χ3v) is 5.38. The number of rotatable bonds is 4. The molecule has 0 bridgehead atoms. The number of benzene rings is 1. The maximum atomic E-state index is 12.4. The first kappa shape index (κ1) is 18.9. The van der Waals surface area contributed by atoms with Crippen LogP contribution >= 0.6 is 11.3 Å². The van der Waals surface area contributed by atoms with Crippen LogP contribution in [0.4, 0.5) is 9.93 Å². The average Bonchev–Trinajstić information content (AvgIpc) is 3.17. The van der Waals surface area contributed by atoms with Crippen LogP contribution in [-0.2, 0) is 11.3 Å². The van der Waals surface area contributed by atoms with Gasteiger partial charge in [-0.2, -0.15) is 0 Å². The Hall–Kier alpha value is -2.85. The van der Waals surface area contributed by atoms with E-state index in [1.54, 1.807) is 18.0 Å². The van der Waals surface area contributed by atoms with Crippen molar-refractivity contribution in [2.75, 3.05) is 24.5 Å². The smallest absolute Gasteiger partial charge is 0.410 e. The van der Waals surface area contributed by atoms with Crippen LogP contribution in [-0.4, -0.2) is 47.4 Å². The number of ketones is 1. The molecule has 0 unspecified atom stereocenters. The zero-order valence-electron chi connectivity index (χ0n) is 15.3. The number of amides is 1. The molecule has 1 fully saturated rings. The maximum absolute atomic E-state index is 12.4. The maximum Gasteiger partial charge on any atom is 0.410 e.